The molecular weight excluding hydrogens is 444 g/mol. The first-order chi connectivity index (χ1) is 16.7. The molecule has 1 aromatic rings. The first-order valence-corrected chi connectivity index (χ1v) is 13.8. The van der Waals surface area contributed by atoms with Gasteiger partial charge in [0.15, 0.2) is 5.78 Å². The maximum atomic E-state index is 13.9. The molecule has 1 aromatic carbocycles. The highest BCUT2D eigenvalue weighted by atomic mass is 16.1. The van der Waals surface area contributed by atoms with Crippen molar-refractivity contribution in [1.82, 2.24) is 0 Å². The molecule has 0 saturated heterocycles. The molecule has 1 aliphatic carbocycles. The second-order valence-corrected chi connectivity index (χ2v) is 12.4. The van der Waals surface area contributed by atoms with Gasteiger partial charge in [0.25, 0.3) is 0 Å². The predicted molar refractivity (Wildman–Crippen MR) is 151 cm³/mol. The molecule has 0 fully saturated rings. The minimum absolute atomic E-state index is 0.0594. The lowest BCUT2D eigenvalue weighted by Crippen LogP contribution is -2.34. The number of allylic oxidation sites excluding steroid dienone is 4. The summed E-state index contributed by atoms with van der Waals surface area (Å²) < 4.78 is 0. The van der Waals surface area contributed by atoms with E-state index in [1.807, 2.05) is 13.8 Å². The molecule has 0 bridgehead atoms. The Morgan fingerprint density at radius 3 is 2.11 bits per heavy atom. The van der Waals surface area contributed by atoms with Crippen LogP contribution in [0.2, 0.25) is 0 Å². The highest BCUT2D eigenvalue weighted by molar-refractivity contribution is 6.00. The molecule has 198 valence electrons. The summed E-state index contributed by atoms with van der Waals surface area (Å²) >= 11 is 0. The van der Waals surface area contributed by atoms with Crippen LogP contribution in [0.5, 0.6) is 0 Å². The lowest BCUT2D eigenvalue weighted by Gasteiger charge is -2.32. The van der Waals surface area contributed by atoms with Crippen LogP contribution in [-0.4, -0.2) is 17.3 Å². The minimum Gasteiger partial charge on any atom is -0.300 e. The molecule has 0 spiro atoms. The van der Waals surface area contributed by atoms with E-state index in [-0.39, 0.29) is 52.9 Å². The third-order valence-corrected chi connectivity index (χ3v) is 8.20. The Kier molecular flexibility index (Phi) is 10.2. The molecule has 0 aromatic heterocycles. The fourth-order valence-electron chi connectivity index (χ4n) is 5.47. The molecule has 1 aliphatic rings. The van der Waals surface area contributed by atoms with Crippen LogP contribution < -0.4 is 0 Å². The van der Waals surface area contributed by atoms with Gasteiger partial charge in [0.05, 0.1) is 0 Å². The first kappa shape index (κ1) is 29.9. The highest BCUT2D eigenvalue weighted by Gasteiger charge is 2.36. The van der Waals surface area contributed by atoms with Gasteiger partial charge >= 0.3 is 0 Å². The Hall–Kier alpha value is -2.29. The predicted octanol–water partition coefficient (Wildman–Crippen LogP) is 8.38. The largest absolute Gasteiger partial charge is 0.300 e. The monoisotopic (exact) mass is 492 g/mol. The Morgan fingerprint density at radius 1 is 0.972 bits per heavy atom. The molecule has 0 amide bonds. The van der Waals surface area contributed by atoms with Crippen molar-refractivity contribution < 1.29 is 14.4 Å². The summed E-state index contributed by atoms with van der Waals surface area (Å²) in [6.07, 6.45) is 4.64. The number of hydrogen-bond donors (Lipinski definition) is 0. The van der Waals surface area contributed by atoms with Crippen molar-refractivity contribution in [3.63, 3.8) is 0 Å². The summed E-state index contributed by atoms with van der Waals surface area (Å²) in [5.74, 6) is 0.319. The van der Waals surface area contributed by atoms with Crippen LogP contribution in [0.3, 0.4) is 0 Å². The van der Waals surface area contributed by atoms with Gasteiger partial charge in [-0.05, 0) is 66.7 Å². The van der Waals surface area contributed by atoms with Crippen molar-refractivity contribution in [2.45, 2.75) is 101 Å². The van der Waals surface area contributed by atoms with E-state index < -0.39 is 0 Å². The summed E-state index contributed by atoms with van der Waals surface area (Å²) in [4.78, 5) is 39.5. The number of carbonyl (C=O) groups excluding carboxylic acids is 3. The maximum absolute atomic E-state index is 13.9. The molecular formula is C33H48O3. The van der Waals surface area contributed by atoms with Gasteiger partial charge in [-0.3, -0.25) is 14.4 Å². The third-order valence-electron chi connectivity index (χ3n) is 8.20. The van der Waals surface area contributed by atoms with Gasteiger partial charge in [0.2, 0.25) is 0 Å². The van der Waals surface area contributed by atoms with E-state index in [4.69, 9.17) is 0 Å². The Bertz CT molecular complexity index is 1030. The van der Waals surface area contributed by atoms with Crippen LogP contribution in [0.4, 0.5) is 0 Å². The summed E-state index contributed by atoms with van der Waals surface area (Å²) in [5.41, 5.74) is 5.29. The summed E-state index contributed by atoms with van der Waals surface area (Å²) in [6.45, 7) is 20.0. The zero-order chi connectivity index (χ0) is 27.4. The van der Waals surface area contributed by atoms with E-state index in [0.29, 0.717) is 12.3 Å². The average molecular weight is 493 g/mol. The van der Waals surface area contributed by atoms with Crippen molar-refractivity contribution in [3.05, 3.63) is 52.6 Å². The number of fused-ring (bicyclic) bond motifs is 1. The van der Waals surface area contributed by atoms with E-state index >= 15 is 0 Å². The molecule has 2 rings (SSSR count). The van der Waals surface area contributed by atoms with Gasteiger partial charge in [0, 0.05) is 30.1 Å². The van der Waals surface area contributed by atoms with E-state index in [0.717, 1.165) is 24.0 Å². The quantitative estimate of drug-likeness (QED) is 0.275. The lowest BCUT2D eigenvalue weighted by molar-refractivity contribution is -0.131. The topological polar surface area (TPSA) is 51.2 Å². The van der Waals surface area contributed by atoms with Gasteiger partial charge in [-0.2, -0.15) is 0 Å². The SMILES string of the molecule is CCC(CC1=CC(C)c2ccccc21)C(=O)CC(C(=O)/C(C)=C(/CC(C)C(C)=O)C(C)C)C(C)(C)C. The Morgan fingerprint density at radius 2 is 1.58 bits per heavy atom. The molecule has 0 saturated carbocycles. The molecule has 0 aliphatic heterocycles. The van der Waals surface area contributed by atoms with Crippen LogP contribution >= 0.6 is 0 Å². The standard InChI is InChI=1S/C33H48O3/c1-11-25(18-26-16-22(5)27-14-12-13-15-28(26)27)31(35)19-30(33(8,9)10)32(36)23(6)29(20(2)3)17-21(4)24(7)34/h12-16,20-22,25,30H,11,17-19H2,1-10H3/b29-23-. The second kappa shape index (κ2) is 12.3. The van der Waals surface area contributed by atoms with Crippen molar-refractivity contribution in [2.75, 3.05) is 0 Å². The molecule has 4 atom stereocenters. The smallest absolute Gasteiger partial charge is 0.162 e. The molecule has 0 N–H and O–H groups in total. The van der Waals surface area contributed by atoms with Crippen molar-refractivity contribution >= 4 is 22.9 Å². The fraction of sp³-hybridized carbons (Fsp3) is 0.606. The number of rotatable bonds is 12. The third kappa shape index (κ3) is 7.14. The molecule has 0 radical (unpaired) electrons. The lowest BCUT2D eigenvalue weighted by atomic mass is 9.71. The number of ketones is 3. The number of hydrogen-bond acceptors (Lipinski definition) is 3. The number of carbonyl (C=O) groups is 3. The van der Waals surface area contributed by atoms with Gasteiger partial charge < -0.3 is 0 Å². The summed E-state index contributed by atoms with van der Waals surface area (Å²) in [7, 11) is 0. The van der Waals surface area contributed by atoms with E-state index in [1.54, 1.807) is 6.92 Å². The minimum atomic E-state index is -0.385. The first-order valence-electron chi connectivity index (χ1n) is 13.8. The number of benzene rings is 1. The van der Waals surface area contributed by atoms with Gasteiger partial charge in [0.1, 0.15) is 11.6 Å². The van der Waals surface area contributed by atoms with Crippen LogP contribution in [0.25, 0.3) is 5.57 Å². The number of Topliss-reactive ketones (excluding diaryl/α,β-unsaturated/α-hetero) is 3. The molecule has 3 nitrogen and oxygen atoms in total. The highest BCUT2D eigenvalue weighted by Crippen LogP contribution is 2.41. The van der Waals surface area contributed by atoms with E-state index in [2.05, 4.69) is 78.8 Å². The average Bonchev–Trinajstić information content (AvgIpc) is 3.12. The van der Waals surface area contributed by atoms with Gasteiger partial charge in [-0.25, -0.2) is 0 Å². The van der Waals surface area contributed by atoms with Crippen molar-refractivity contribution in [1.29, 1.82) is 0 Å². The Balaban J connectivity index is 2.30. The molecule has 36 heavy (non-hydrogen) atoms. The van der Waals surface area contributed by atoms with Crippen molar-refractivity contribution in [3.8, 4) is 0 Å². The van der Waals surface area contributed by atoms with E-state index in [9.17, 15) is 14.4 Å². The molecule has 3 heteroatoms. The summed E-state index contributed by atoms with van der Waals surface area (Å²) in [5, 5.41) is 0. The fourth-order valence-corrected chi connectivity index (χ4v) is 5.47. The molecule has 4 unspecified atom stereocenters. The zero-order valence-corrected chi connectivity index (χ0v) is 24.3. The van der Waals surface area contributed by atoms with E-state index in [1.165, 1.54) is 16.7 Å². The Labute approximate surface area is 219 Å². The van der Waals surface area contributed by atoms with Crippen molar-refractivity contribution in [2.24, 2.45) is 29.1 Å². The van der Waals surface area contributed by atoms with Gasteiger partial charge in [-0.1, -0.05) is 91.3 Å². The second-order valence-electron chi connectivity index (χ2n) is 12.4. The van der Waals surface area contributed by atoms with Crippen LogP contribution in [0.1, 0.15) is 112 Å². The molecule has 0 heterocycles. The zero-order valence-electron chi connectivity index (χ0n) is 24.3. The van der Waals surface area contributed by atoms with Crippen LogP contribution in [-0.2, 0) is 14.4 Å². The van der Waals surface area contributed by atoms with Gasteiger partial charge in [-0.15, -0.1) is 0 Å². The maximum Gasteiger partial charge on any atom is 0.162 e. The normalized spacial score (nSPS) is 18.8. The summed E-state index contributed by atoms with van der Waals surface area (Å²) in [6, 6.07) is 8.48. The van der Waals surface area contributed by atoms with Crippen LogP contribution in [0.15, 0.2) is 41.5 Å². The van der Waals surface area contributed by atoms with Crippen LogP contribution in [0, 0.1) is 29.1 Å².